The van der Waals surface area contributed by atoms with Crippen LogP contribution >= 0.6 is 0 Å². The number of nitrogens with one attached hydrogen (secondary N) is 1. The maximum Gasteiger partial charge on any atom is 0.310 e. The SMILES string of the molecule is CCOc1ccccc1OCC(=O)Nc1ccc(C(C)C(=O)O)cc1. The molecule has 0 aromatic heterocycles. The van der Waals surface area contributed by atoms with Crippen molar-refractivity contribution in [2.75, 3.05) is 18.5 Å². The second-order valence-electron chi connectivity index (χ2n) is 5.40. The fraction of sp³-hybridized carbons (Fsp3) is 0.263. The maximum atomic E-state index is 12.0. The van der Waals surface area contributed by atoms with Crippen LogP contribution in [-0.4, -0.2) is 30.2 Å². The Bertz CT molecular complexity index is 727. The summed E-state index contributed by atoms with van der Waals surface area (Å²) in [7, 11) is 0. The average molecular weight is 343 g/mol. The molecule has 0 aliphatic heterocycles. The number of carboxylic acids is 1. The zero-order valence-electron chi connectivity index (χ0n) is 14.2. The van der Waals surface area contributed by atoms with E-state index >= 15 is 0 Å². The van der Waals surface area contributed by atoms with Gasteiger partial charge in [-0.1, -0.05) is 24.3 Å². The Morgan fingerprint density at radius 1 is 1.04 bits per heavy atom. The van der Waals surface area contributed by atoms with Gasteiger partial charge in [-0.3, -0.25) is 9.59 Å². The zero-order chi connectivity index (χ0) is 18.2. The summed E-state index contributed by atoms with van der Waals surface area (Å²) in [5.41, 5.74) is 1.25. The van der Waals surface area contributed by atoms with Crippen LogP contribution in [-0.2, 0) is 9.59 Å². The second-order valence-corrected chi connectivity index (χ2v) is 5.40. The summed E-state index contributed by atoms with van der Waals surface area (Å²) in [5.74, 6) is -0.707. The number of aliphatic carboxylic acids is 1. The molecule has 0 radical (unpaired) electrons. The third kappa shape index (κ3) is 5.24. The minimum Gasteiger partial charge on any atom is -0.490 e. The molecule has 2 aromatic carbocycles. The molecule has 1 unspecified atom stereocenters. The van der Waals surface area contributed by atoms with Gasteiger partial charge in [0.2, 0.25) is 0 Å². The van der Waals surface area contributed by atoms with Crippen LogP contribution in [0, 0.1) is 0 Å². The average Bonchev–Trinajstić information content (AvgIpc) is 2.61. The van der Waals surface area contributed by atoms with Gasteiger partial charge in [0, 0.05) is 5.69 Å². The van der Waals surface area contributed by atoms with Crippen molar-refractivity contribution in [3.63, 3.8) is 0 Å². The standard InChI is InChI=1S/C19H21NO5/c1-3-24-16-6-4-5-7-17(16)25-12-18(21)20-15-10-8-14(9-11-15)13(2)19(22)23/h4-11,13H,3,12H2,1-2H3,(H,20,21)(H,22,23). The van der Waals surface area contributed by atoms with Crippen LogP contribution in [0.4, 0.5) is 5.69 Å². The maximum absolute atomic E-state index is 12.0. The van der Waals surface area contributed by atoms with E-state index in [2.05, 4.69) is 5.32 Å². The highest BCUT2D eigenvalue weighted by molar-refractivity contribution is 5.92. The first-order chi connectivity index (χ1) is 12.0. The summed E-state index contributed by atoms with van der Waals surface area (Å²) in [5, 5.41) is 11.7. The number of carbonyl (C=O) groups excluding carboxylic acids is 1. The van der Waals surface area contributed by atoms with Crippen molar-refractivity contribution < 1.29 is 24.2 Å². The van der Waals surface area contributed by atoms with Crippen LogP contribution in [0.1, 0.15) is 25.3 Å². The highest BCUT2D eigenvalue weighted by Crippen LogP contribution is 2.26. The number of ether oxygens (including phenoxy) is 2. The number of hydrogen-bond donors (Lipinski definition) is 2. The first-order valence-electron chi connectivity index (χ1n) is 7.98. The molecule has 2 aromatic rings. The monoisotopic (exact) mass is 343 g/mol. The third-order valence-electron chi connectivity index (χ3n) is 3.57. The molecule has 132 valence electrons. The summed E-state index contributed by atoms with van der Waals surface area (Å²) < 4.78 is 10.9. The number of para-hydroxylation sites is 2. The Morgan fingerprint density at radius 3 is 2.20 bits per heavy atom. The summed E-state index contributed by atoms with van der Waals surface area (Å²) in [6.07, 6.45) is 0. The molecule has 2 rings (SSSR count). The lowest BCUT2D eigenvalue weighted by atomic mass is 10.0. The Balaban J connectivity index is 1.91. The summed E-state index contributed by atoms with van der Waals surface area (Å²) in [6.45, 7) is 3.84. The Morgan fingerprint density at radius 2 is 1.64 bits per heavy atom. The predicted molar refractivity (Wildman–Crippen MR) is 94.2 cm³/mol. The molecule has 6 nitrogen and oxygen atoms in total. The van der Waals surface area contributed by atoms with Gasteiger partial charge in [0.15, 0.2) is 18.1 Å². The lowest BCUT2D eigenvalue weighted by Crippen LogP contribution is -2.20. The van der Waals surface area contributed by atoms with Crippen molar-refractivity contribution in [1.29, 1.82) is 0 Å². The molecule has 25 heavy (non-hydrogen) atoms. The number of carbonyl (C=O) groups is 2. The Kier molecular flexibility index (Phi) is 6.39. The van der Waals surface area contributed by atoms with Gasteiger partial charge < -0.3 is 19.9 Å². The van der Waals surface area contributed by atoms with Crippen LogP contribution in [0.2, 0.25) is 0 Å². The van der Waals surface area contributed by atoms with Gasteiger partial charge in [-0.2, -0.15) is 0 Å². The van der Waals surface area contributed by atoms with Crippen LogP contribution in [0.25, 0.3) is 0 Å². The topological polar surface area (TPSA) is 84.9 Å². The molecule has 1 amide bonds. The van der Waals surface area contributed by atoms with Gasteiger partial charge >= 0.3 is 5.97 Å². The van der Waals surface area contributed by atoms with E-state index in [1.165, 1.54) is 0 Å². The van der Waals surface area contributed by atoms with Crippen molar-refractivity contribution in [3.05, 3.63) is 54.1 Å². The smallest absolute Gasteiger partial charge is 0.310 e. The largest absolute Gasteiger partial charge is 0.490 e. The van der Waals surface area contributed by atoms with Gasteiger partial charge in [-0.25, -0.2) is 0 Å². The van der Waals surface area contributed by atoms with Crippen molar-refractivity contribution >= 4 is 17.6 Å². The first kappa shape index (κ1) is 18.3. The molecule has 0 fully saturated rings. The molecule has 0 aliphatic rings. The zero-order valence-corrected chi connectivity index (χ0v) is 14.2. The molecule has 0 heterocycles. The number of hydrogen-bond acceptors (Lipinski definition) is 4. The fourth-order valence-corrected chi connectivity index (χ4v) is 2.18. The van der Waals surface area contributed by atoms with E-state index in [1.54, 1.807) is 49.4 Å². The van der Waals surface area contributed by atoms with Gasteiger partial charge in [-0.15, -0.1) is 0 Å². The van der Waals surface area contributed by atoms with Crippen LogP contribution < -0.4 is 14.8 Å². The third-order valence-corrected chi connectivity index (χ3v) is 3.57. The van der Waals surface area contributed by atoms with E-state index in [0.717, 1.165) is 0 Å². The van der Waals surface area contributed by atoms with Crippen LogP contribution in [0.3, 0.4) is 0 Å². The Labute approximate surface area is 146 Å². The molecule has 0 spiro atoms. The minimum absolute atomic E-state index is 0.155. The molecule has 2 N–H and O–H groups in total. The summed E-state index contributed by atoms with van der Waals surface area (Å²) in [4.78, 5) is 23.0. The van der Waals surface area contributed by atoms with E-state index in [4.69, 9.17) is 14.6 Å². The number of rotatable bonds is 8. The van der Waals surface area contributed by atoms with Gasteiger partial charge in [0.25, 0.3) is 5.91 Å². The molecule has 0 bridgehead atoms. The minimum atomic E-state index is -0.891. The molecule has 0 saturated heterocycles. The highest BCUT2D eigenvalue weighted by atomic mass is 16.5. The lowest BCUT2D eigenvalue weighted by Gasteiger charge is -2.12. The van der Waals surface area contributed by atoms with E-state index < -0.39 is 11.9 Å². The number of benzene rings is 2. The highest BCUT2D eigenvalue weighted by Gasteiger charge is 2.13. The quantitative estimate of drug-likeness (QED) is 0.768. The second kappa shape index (κ2) is 8.73. The van der Waals surface area contributed by atoms with Crippen molar-refractivity contribution in [2.24, 2.45) is 0 Å². The van der Waals surface area contributed by atoms with E-state index in [1.807, 2.05) is 13.0 Å². The normalized spacial score (nSPS) is 11.4. The van der Waals surface area contributed by atoms with Crippen molar-refractivity contribution in [2.45, 2.75) is 19.8 Å². The lowest BCUT2D eigenvalue weighted by molar-refractivity contribution is -0.138. The van der Waals surface area contributed by atoms with E-state index in [-0.39, 0.29) is 12.5 Å². The molecule has 0 saturated carbocycles. The van der Waals surface area contributed by atoms with Crippen LogP contribution in [0.5, 0.6) is 11.5 Å². The number of anilines is 1. The van der Waals surface area contributed by atoms with Crippen LogP contribution in [0.15, 0.2) is 48.5 Å². The molecule has 1 atom stereocenters. The fourth-order valence-electron chi connectivity index (χ4n) is 2.18. The molecule has 0 aliphatic carbocycles. The molecule has 6 heteroatoms. The van der Waals surface area contributed by atoms with E-state index in [9.17, 15) is 9.59 Å². The van der Waals surface area contributed by atoms with Gasteiger partial charge in [0.05, 0.1) is 12.5 Å². The van der Waals surface area contributed by atoms with Crippen molar-refractivity contribution in [1.82, 2.24) is 0 Å². The van der Waals surface area contributed by atoms with Gasteiger partial charge in [0.1, 0.15) is 0 Å². The summed E-state index contributed by atoms with van der Waals surface area (Å²) in [6, 6.07) is 13.8. The van der Waals surface area contributed by atoms with Crippen molar-refractivity contribution in [3.8, 4) is 11.5 Å². The number of amides is 1. The Hall–Kier alpha value is -3.02. The first-order valence-corrected chi connectivity index (χ1v) is 7.98. The molecular weight excluding hydrogens is 322 g/mol. The number of carboxylic acid groups (broad SMARTS) is 1. The molecular formula is C19H21NO5. The van der Waals surface area contributed by atoms with Gasteiger partial charge in [-0.05, 0) is 43.7 Å². The predicted octanol–water partition coefficient (Wildman–Crippen LogP) is 3.29. The summed E-state index contributed by atoms with van der Waals surface area (Å²) >= 11 is 0. The van der Waals surface area contributed by atoms with E-state index in [0.29, 0.717) is 29.4 Å².